The largest absolute Gasteiger partial charge is 0.574 e. The van der Waals surface area contributed by atoms with Crippen molar-refractivity contribution in [3.8, 4) is 5.88 Å². The molecule has 0 aliphatic heterocycles. The Morgan fingerprint density at radius 2 is 2.18 bits per heavy atom. The fourth-order valence-corrected chi connectivity index (χ4v) is 1.63. The molecule has 17 heavy (non-hydrogen) atoms. The summed E-state index contributed by atoms with van der Waals surface area (Å²) in [7, 11) is 0. The maximum Gasteiger partial charge on any atom is 0.574 e. The Morgan fingerprint density at radius 3 is 2.59 bits per heavy atom. The van der Waals surface area contributed by atoms with Gasteiger partial charge in [0.05, 0.1) is 5.56 Å². The molecule has 9 heteroatoms. The number of ether oxygens (including phenoxy) is 1. The zero-order valence-electron chi connectivity index (χ0n) is 8.08. The lowest BCUT2D eigenvalue weighted by atomic mass is 10.1. The van der Waals surface area contributed by atoms with Crippen LogP contribution < -0.4 is 10.5 Å². The predicted octanol–water partition coefficient (Wildman–Crippen LogP) is 1.74. The summed E-state index contributed by atoms with van der Waals surface area (Å²) in [5.41, 5.74) is 4.55. The summed E-state index contributed by atoms with van der Waals surface area (Å²) in [4.78, 5) is 14.3. The summed E-state index contributed by atoms with van der Waals surface area (Å²) in [6.07, 6.45) is -4.95. The van der Waals surface area contributed by atoms with Crippen LogP contribution in [0, 0.1) is 3.70 Å². The third-order valence-corrected chi connectivity index (χ3v) is 2.25. The standard InChI is InChI=1S/C8H6F3IN2O3/c9-8(10,11)17-6-4(2-13)3(7(15)16)1-5(12)14-6/h1H,2,13H2,(H,15,16). The van der Waals surface area contributed by atoms with Crippen molar-refractivity contribution in [3.63, 3.8) is 0 Å². The van der Waals surface area contributed by atoms with Crippen molar-refractivity contribution in [3.05, 3.63) is 20.9 Å². The van der Waals surface area contributed by atoms with Gasteiger partial charge in [-0.2, -0.15) is 0 Å². The molecule has 1 heterocycles. The molecular weight excluding hydrogens is 356 g/mol. The SMILES string of the molecule is NCc1c(C(=O)O)cc(I)nc1OC(F)(F)F. The van der Waals surface area contributed by atoms with Gasteiger partial charge >= 0.3 is 12.3 Å². The molecule has 0 amide bonds. The molecule has 5 nitrogen and oxygen atoms in total. The topological polar surface area (TPSA) is 85.4 Å². The lowest BCUT2D eigenvalue weighted by Crippen LogP contribution is -2.21. The zero-order chi connectivity index (χ0) is 13.2. The van der Waals surface area contributed by atoms with Gasteiger partial charge in [-0.05, 0) is 28.7 Å². The number of aromatic carboxylic acids is 1. The highest BCUT2D eigenvalue weighted by atomic mass is 127. The summed E-state index contributed by atoms with van der Waals surface area (Å²) in [5.74, 6) is -2.22. The first-order valence-corrected chi connectivity index (χ1v) is 5.21. The number of hydrogen-bond acceptors (Lipinski definition) is 4. The van der Waals surface area contributed by atoms with Crippen molar-refractivity contribution in [2.24, 2.45) is 5.73 Å². The van der Waals surface area contributed by atoms with Gasteiger partial charge in [-0.3, -0.25) is 0 Å². The van der Waals surface area contributed by atoms with Crippen LogP contribution in [-0.4, -0.2) is 22.4 Å². The van der Waals surface area contributed by atoms with Gasteiger partial charge in [-0.15, -0.1) is 13.2 Å². The number of nitrogens with zero attached hydrogens (tertiary/aromatic N) is 1. The molecule has 0 unspecified atom stereocenters. The summed E-state index contributed by atoms with van der Waals surface area (Å²) in [5, 5.41) is 8.82. The van der Waals surface area contributed by atoms with E-state index < -0.39 is 24.8 Å². The summed E-state index contributed by atoms with van der Waals surface area (Å²) < 4.78 is 39.9. The van der Waals surface area contributed by atoms with Crippen LogP contribution in [0.1, 0.15) is 15.9 Å². The number of carboxylic acids is 1. The van der Waals surface area contributed by atoms with Crippen LogP contribution in [0.25, 0.3) is 0 Å². The highest BCUT2D eigenvalue weighted by molar-refractivity contribution is 14.1. The number of carbonyl (C=O) groups is 1. The first-order valence-electron chi connectivity index (χ1n) is 4.13. The number of halogens is 4. The molecular formula is C8H6F3IN2O3. The van der Waals surface area contributed by atoms with E-state index in [1.807, 2.05) is 0 Å². The minimum Gasteiger partial charge on any atom is -0.478 e. The summed E-state index contributed by atoms with van der Waals surface area (Å²) in [6.45, 7) is -0.420. The maximum absolute atomic E-state index is 12.1. The molecule has 0 aromatic carbocycles. The van der Waals surface area contributed by atoms with Crippen LogP contribution in [0.2, 0.25) is 0 Å². The van der Waals surface area contributed by atoms with E-state index in [9.17, 15) is 18.0 Å². The molecule has 0 bridgehead atoms. The molecule has 0 atom stereocenters. The maximum atomic E-state index is 12.1. The third kappa shape index (κ3) is 3.70. The third-order valence-electron chi connectivity index (χ3n) is 1.70. The molecule has 0 aliphatic carbocycles. The van der Waals surface area contributed by atoms with E-state index in [-0.39, 0.29) is 14.8 Å². The summed E-state index contributed by atoms with van der Waals surface area (Å²) >= 11 is 1.59. The number of nitrogens with two attached hydrogens (primary N) is 1. The quantitative estimate of drug-likeness (QED) is 0.632. The molecule has 1 rings (SSSR count). The molecule has 0 saturated carbocycles. The van der Waals surface area contributed by atoms with E-state index >= 15 is 0 Å². The minimum atomic E-state index is -4.95. The highest BCUT2D eigenvalue weighted by Gasteiger charge is 2.34. The lowest BCUT2D eigenvalue weighted by Gasteiger charge is -2.13. The van der Waals surface area contributed by atoms with Crippen molar-refractivity contribution < 1.29 is 27.8 Å². The van der Waals surface area contributed by atoms with Crippen LogP contribution in [0.4, 0.5) is 13.2 Å². The van der Waals surface area contributed by atoms with Gasteiger partial charge in [0.15, 0.2) is 0 Å². The van der Waals surface area contributed by atoms with E-state index in [1.165, 1.54) is 0 Å². The number of pyridine rings is 1. The van der Waals surface area contributed by atoms with Crippen LogP contribution in [0.5, 0.6) is 5.88 Å². The monoisotopic (exact) mass is 362 g/mol. The number of rotatable bonds is 3. The molecule has 0 spiro atoms. The molecule has 0 saturated heterocycles. The van der Waals surface area contributed by atoms with Crippen LogP contribution in [0.3, 0.4) is 0 Å². The van der Waals surface area contributed by atoms with Gasteiger partial charge in [-0.1, -0.05) is 0 Å². The van der Waals surface area contributed by atoms with Gasteiger partial charge in [0.25, 0.3) is 0 Å². The van der Waals surface area contributed by atoms with Gasteiger partial charge in [-0.25, -0.2) is 9.78 Å². The van der Waals surface area contributed by atoms with E-state index in [2.05, 4.69) is 9.72 Å². The molecule has 94 valence electrons. The van der Waals surface area contributed by atoms with E-state index in [0.717, 1.165) is 6.07 Å². The second-order valence-corrected chi connectivity index (χ2v) is 3.94. The van der Waals surface area contributed by atoms with Crippen molar-refractivity contribution >= 4 is 28.6 Å². The van der Waals surface area contributed by atoms with Gasteiger partial charge < -0.3 is 15.6 Å². The van der Waals surface area contributed by atoms with Crippen molar-refractivity contribution in [1.82, 2.24) is 4.98 Å². The average molecular weight is 362 g/mol. The normalized spacial score (nSPS) is 11.4. The van der Waals surface area contributed by atoms with Crippen molar-refractivity contribution in [2.45, 2.75) is 12.9 Å². The fourth-order valence-electron chi connectivity index (χ4n) is 1.10. The second kappa shape index (κ2) is 5.04. The highest BCUT2D eigenvalue weighted by Crippen LogP contribution is 2.27. The first kappa shape index (κ1) is 14.0. The predicted molar refractivity (Wildman–Crippen MR) is 58.5 cm³/mol. The van der Waals surface area contributed by atoms with Crippen LogP contribution in [0.15, 0.2) is 6.07 Å². The Labute approximate surface area is 107 Å². The average Bonchev–Trinajstić information content (AvgIpc) is 2.14. The molecule has 0 radical (unpaired) electrons. The number of hydrogen-bond donors (Lipinski definition) is 2. The Balaban J connectivity index is 3.33. The van der Waals surface area contributed by atoms with Gasteiger partial charge in [0.2, 0.25) is 5.88 Å². The van der Waals surface area contributed by atoms with E-state index in [0.29, 0.717) is 0 Å². The molecule has 0 aliphatic rings. The zero-order valence-corrected chi connectivity index (χ0v) is 10.2. The molecule has 0 fully saturated rings. The second-order valence-electron chi connectivity index (χ2n) is 2.83. The summed E-state index contributed by atoms with van der Waals surface area (Å²) in [6, 6.07) is 1.12. The Kier molecular flexibility index (Phi) is 4.14. The molecule has 1 aromatic rings. The van der Waals surface area contributed by atoms with E-state index in [4.69, 9.17) is 10.8 Å². The van der Waals surface area contributed by atoms with Crippen molar-refractivity contribution in [1.29, 1.82) is 0 Å². The minimum absolute atomic E-state index is 0.0662. The molecule has 3 N–H and O–H groups in total. The lowest BCUT2D eigenvalue weighted by molar-refractivity contribution is -0.276. The number of carboxylic acid groups (broad SMARTS) is 1. The van der Waals surface area contributed by atoms with Crippen LogP contribution >= 0.6 is 22.6 Å². The number of alkyl halides is 3. The number of aromatic nitrogens is 1. The van der Waals surface area contributed by atoms with Crippen molar-refractivity contribution in [2.75, 3.05) is 0 Å². The molecule has 1 aromatic heterocycles. The van der Waals surface area contributed by atoms with Crippen LogP contribution in [-0.2, 0) is 6.54 Å². The van der Waals surface area contributed by atoms with Gasteiger partial charge in [0, 0.05) is 12.1 Å². The smallest absolute Gasteiger partial charge is 0.478 e. The first-order chi connectivity index (χ1) is 7.74. The Morgan fingerprint density at radius 1 is 1.59 bits per heavy atom. The van der Waals surface area contributed by atoms with E-state index in [1.54, 1.807) is 22.6 Å². The Bertz CT molecular complexity index is 450. The van der Waals surface area contributed by atoms with Gasteiger partial charge in [0.1, 0.15) is 3.70 Å². The fraction of sp³-hybridized carbons (Fsp3) is 0.250. The Hall–Kier alpha value is -1.10.